The van der Waals surface area contributed by atoms with Gasteiger partial charge in [-0.05, 0) is 37.1 Å². The third-order valence-electron chi connectivity index (χ3n) is 2.71. The Hall–Kier alpha value is -1.35. The van der Waals surface area contributed by atoms with E-state index in [4.69, 9.17) is 11.6 Å². The van der Waals surface area contributed by atoms with Crippen LogP contribution >= 0.6 is 11.6 Å². The minimum Gasteiger partial charge on any atom is -0.304 e. The van der Waals surface area contributed by atoms with E-state index in [-0.39, 0.29) is 24.7 Å². The van der Waals surface area contributed by atoms with Gasteiger partial charge in [-0.2, -0.15) is 0 Å². The fraction of sp³-hybridized carbons (Fsp3) is 0.333. The van der Waals surface area contributed by atoms with Crippen molar-refractivity contribution >= 4 is 29.0 Å². The zero-order chi connectivity index (χ0) is 11.9. The first-order valence-electron chi connectivity index (χ1n) is 5.08. The maximum atomic E-state index is 11.6. The molecule has 0 saturated carbocycles. The molecule has 0 N–H and O–H groups in total. The van der Waals surface area contributed by atoms with Crippen molar-refractivity contribution < 1.29 is 9.59 Å². The van der Waals surface area contributed by atoms with Crippen LogP contribution in [0.25, 0.3) is 0 Å². The van der Waals surface area contributed by atoms with Gasteiger partial charge in [0.15, 0.2) is 5.78 Å². The Bertz CT molecular complexity index is 459. The number of amides is 1. The number of ketones is 1. The predicted molar refractivity (Wildman–Crippen MR) is 62.9 cm³/mol. The zero-order valence-corrected chi connectivity index (χ0v) is 9.97. The molecule has 1 aliphatic rings. The summed E-state index contributed by atoms with van der Waals surface area (Å²) >= 11 is 5.92. The molecule has 84 valence electrons. The van der Waals surface area contributed by atoms with E-state index in [9.17, 15) is 9.59 Å². The van der Waals surface area contributed by atoms with Gasteiger partial charge in [0.25, 0.3) is 0 Å². The summed E-state index contributed by atoms with van der Waals surface area (Å²) in [6.07, 6.45) is 0.0154. The fourth-order valence-corrected chi connectivity index (χ4v) is 2.44. The second-order valence-corrected chi connectivity index (χ2v) is 4.52. The lowest BCUT2D eigenvalue weighted by Crippen LogP contribution is -2.26. The van der Waals surface area contributed by atoms with Crippen LogP contribution in [0, 0.1) is 13.8 Å². The average molecular weight is 238 g/mol. The van der Waals surface area contributed by atoms with Crippen molar-refractivity contribution in [3.8, 4) is 0 Å². The third-order valence-corrected chi connectivity index (χ3v) is 2.93. The van der Waals surface area contributed by atoms with E-state index >= 15 is 0 Å². The molecule has 1 saturated heterocycles. The van der Waals surface area contributed by atoms with E-state index in [2.05, 4.69) is 0 Å². The van der Waals surface area contributed by atoms with Gasteiger partial charge in [-0.15, -0.1) is 0 Å². The summed E-state index contributed by atoms with van der Waals surface area (Å²) in [7, 11) is 0. The number of rotatable bonds is 1. The topological polar surface area (TPSA) is 37.4 Å². The number of Topliss-reactive ketones (excluding diaryl/α,β-unsaturated/α-hetero) is 1. The number of benzene rings is 1. The number of carbonyl (C=O) groups excluding carboxylic acids is 2. The minimum absolute atomic E-state index is 0.0154. The number of hydrogen-bond donors (Lipinski definition) is 0. The average Bonchev–Trinajstić information content (AvgIpc) is 2.43. The highest BCUT2D eigenvalue weighted by Crippen LogP contribution is 2.30. The van der Waals surface area contributed by atoms with Gasteiger partial charge in [0.2, 0.25) is 5.91 Å². The normalized spacial score (nSPS) is 16.1. The second-order valence-electron chi connectivity index (χ2n) is 4.08. The molecule has 1 fully saturated rings. The lowest BCUT2D eigenvalue weighted by molar-refractivity contribution is -0.121. The van der Waals surface area contributed by atoms with Crippen molar-refractivity contribution in [1.29, 1.82) is 0 Å². The molecule has 3 nitrogen and oxygen atoms in total. The van der Waals surface area contributed by atoms with Crippen LogP contribution in [0.1, 0.15) is 17.5 Å². The highest BCUT2D eigenvalue weighted by molar-refractivity contribution is 6.31. The van der Waals surface area contributed by atoms with Gasteiger partial charge in [0.1, 0.15) is 0 Å². The van der Waals surface area contributed by atoms with Gasteiger partial charge in [-0.1, -0.05) is 11.6 Å². The minimum atomic E-state index is -0.126. The summed E-state index contributed by atoms with van der Waals surface area (Å²) in [6.45, 7) is 3.97. The SMILES string of the molecule is Cc1cc(Cl)cc(C)c1N1CC(=O)CC1=O. The Morgan fingerprint density at radius 3 is 2.19 bits per heavy atom. The monoisotopic (exact) mass is 237 g/mol. The van der Waals surface area contributed by atoms with E-state index in [1.807, 2.05) is 13.8 Å². The molecule has 0 unspecified atom stereocenters. The first-order valence-corrected chi connectivity index (χ1v) is 5.45. The Morgan fingerprint density at radius 1 is 1.19 bits per heavy atom. The van der Waals surface area contributed by atoms with E-state index in [1.54, 1.807) is 17.0 Å². The number of anilines is 1. The van der Waals surface area contributed by atoms with Crippen molar-refractivity contribution in [1.82, 2.24) is 0 Å². The lowest BCUT2D eigenvalue weighted by Gasteiger charge is -2.20. The maximum absolute atomic E-state index is 11.6. The van der Waals surface area contributed by atoms with Gasteiger partial charge in [-0.3, -0.25) is 9.59 Å². The van der Waals surface area contributed by atoms with E-state index in [0.29, 0.717) is 5.02 Å². The summed E-state index contributed by atoms with van der Waals surface area (Å²) < 4.78 is 0. The standard InChI is InChI=1S/C12H12ClNO2/c1-7-3-9(13)4-8(2)12(7)14-6-10(15)5-11(14)16/h3-4H,5-6H2,1-2H3. The number of hydrogen-bond acceptors (Lipinski definition) is 2. The number of aryl methyl sites for hydroxylation is 2. The number of halogens is 1. The third kappa shape index (κ3) is 1.83. The van der Waals surface area contributed by atoms with Crippen molar-refractivity contribution in [2.24, 2.45) is 0 Å². The van der Waals surface area contributed by atoms with Crippen LogP contribution in [0.2, 0.25) is 5.02 Å². The Kier molecular flexibility index (Phi) is 2.72. The summed E-state index contributed by atoms with van der Waals surface area (Å²) in [4.78, 5) is 24.4. The van der Waals surface area contributed by atoms with Gasteiger partial charge >= 0.3 is 0 Å². The Balaban J connectivity index is 2.48. The molecule has 1 aliphatic heterocycles. The van der Waals surface area contributed by atoms with Gasteiger partial charge in [-0.25, -0.2) is 0 Å². The molecule has 16 heavy (non-hydrogen) atoms. The van der Waals surface area contributed by atoms with Crippen molar-refractivity contribution in [3.05, 3.63) is 28.3 Å². The molecule has 0 aliphatic carbocycles. The van der Waals surface area contributed by atoms with Crippen LogP contribution in [0.3, 0.4) is 0 Å². The van der Waals surface area contributed by atoms with Crippen molar-refractivity contribution in [3.63, 3.8) is 0 Å². The Morgan fingerprint density at radius 2 is 1.75 bits per heavy atom. The molecular weight excluding hydrogens is 226 g/mol. The quantitative estimate of drug-likeness (QED) is 0.703. The van der Waals surface area contributed by atoms with Crippen molar-refractivity contribution in [2.45, 2.75) is 20.3 Å². The highest BCUT2D eigenvalue weighted by Gasteiger charge is 2.30. The largest absolute Gasteiger partial charge is 0.304 e. The smallest absolute Gasteiger partial charge is 0.234 e. The molecule has 0 spiro atoms. The van der Waals surface area contributed by atoms with E-state index in [0.717, 1.165) is 16.8 Å². The lowest BCUT2D eigenvalue weighted by atomic mass is 10.1. The van der Waals surface area contributed by atoms with Crippen molar-refractivity contribution in [2.75, 3.05) is 11.4 Å². The van der Waals surface area contributed by atoms with E-state index < -0.39 is 0 Å². The van der Waals surface area contributed by atoms with Gasteiger partial charge in [0.05, 0.1) is 18.7 Å². The molecule has 1 heterocycles. The molecule has 0 radical (unpaired) electrons. The predicted octanol–water partition coefficient (Wildman–Crippen LogP) is 2.26. The fourth-order valence-electron chi connectivity index (χ4n) is 2.12. The van der Waals surface area contributed by atoms with Crippen LogP contribution in [-0.2, 0) is 9.59 Å². The molecule has 0 bridgehead atoms. The summed E-state index contributed by atoms with van der Waals surface area (Å²) in [5.74, 6) is -0.155. The second kappa shape index (κ2) is 3.91. The first-order chi connectivity index (χ1) is 7.49. The zero-order valence-electron chi connectivity index (χ0n) is 9.21. The maximum Gasteiger partial charge on any atom is 0.234 e. The number of nitrogens with zero attached hydrogens (tertiary/aromatic N) is 1. The van der Waals surface area contributed by atoms with Crippen LogP contribution in [0.15, 0.2) is 12.1 Å². The summed E-state index contributed by atoms with van der Waals surface area (Å²) in [6, 6.07) is 3.61. The first kappa shape index (κ1) is 11.1. The number of carbonyl (C=O) groups is 2. The van der Waals surface area contributed by atoms with Crippen LogP contribution in [-0.4, -0.2) is 18.2 Å². The van der Waals surface area contributed by atoms with Crippen LogP contribution in [0.5, 0.6) is 0 Å². The van der Waals surface area contributed by atoms with Crippen LogP contribution < -0.4 is 4.90 Å². The molecule has 4 heteroatoms. The molecule has 0 aromatic heterocycles. The van der Waals surface area contributed by atoms with Gasteiger partial charge < -0.3 is 4.90 Å². The van der Waals surface area contributed by atoms with Crippen LogP contribution in [0.4, 0.5) is 5.69 Å². The Labute approximate surface area is 99.0 Å². The molecular formula is C12H12ClNO2. The van der Waals surface area contributed by atoms with Gasteiger partial charge in [0, 0.05) is 5.02 Å². The van der Waals surface area contributed by atoms with E-state index in [1.165, 1.54) is 0 Å². The molecule has 1 aromatic rings. The molecule has 0 atom stereocenters. The summed E-state index contributed by atoms with van der Waals surface area (Å²) in [5.41, 5.74) is 2.67. The molecule has 1 amide bonds. The highest BCUT2D eigenvalue weighted by atomic mass is 35.5. The molecule has 2 rings (SSSR count). The molecule has 1 aromatic carbocycles. The summed E-state index contributed by atoms with van der Waals surface area (Å²) in [5, 5.41) is 0.650.